The fraction of sp³-hybridized carbons (Fsp3) is 0.471. The molecule has 0 radical (unpaired) electrons. The third kappa shape index (κ3) is 3.21. The summed E-state index contributed by atoms with van der Waals surface area (Å²) in [7, 11) is 0. The van der Waals surface area contributed by atoms with Crippen LogP contribution in [0.4, 0.5) is 0 Å². The summed E-state index contributed by atoms with van der Waals surface area (Å²) in [5.74, 6) is 0.138. The number of fused-ring (bicyclic) bond motifs is 1. The van der Waals surface area contributed by atoms with Crippen molar-refractivity contribution in [2.75, 3.05) is 6.54 Å². The van der Waals surface area contributed by atoms with Crippen LogP contribution in [0.15, 0.2) is 30.5 Å². The number of carbonyl (C=O) groups is 1. The van der Waals surface area contributed by atoms with Gasteiger partial charge in [0, 0.05) is 35.2 Å². The second-order valence-corrected chi connectivity index (χ2v) is 5.58. The quantitative estimate of drug-likeness (QED) is 0.786. The van der Waals surface area contributed by atoms with Gasteiger partial charge in [0.1, 0.15) is 0 Å². The van der Waals surface area contributed by atoms with Crippen molar-refractivity contribution < 1.29 is 4.79 Å². The van der Waals surface area contributed by atoms with Crippen LogP contribution >= 0.6 is 0 Å². The molecule has 0 aliphatic rings. The Labute approximate surface area is 121 Å². The highest BCUT2D eigenvalue weighted by molar-refractivity contribution is 5.98. The highest BCUT2D eigenvalue weighted by Gasteiger charge is 2.18. The van der Waals surface area contributed by atoms with E-state index in [4.69, 9.17) is 0 Å². The third-order valence-corrected chi connectivity index (χ3v) is 3.69. The first-order valence-electron chi connectivity index (χ1n) is 7.51. The largest absolute Gasteiger partial charge is 0.361 e. The molecule has 3 heteroatoms. The molecule has 0 saturated carbocycles. The van der Waals surface area contributed by atoms with Gasteiger partial charge in [-0.05, 0) is 44.5 Å². The Morgan fingerprint density at radius 3 is 2.75 bits per heavy atom. The van der Waals surface area contributed by atoms with Crippen molar-refractivity contribution in [2.24, 2.45) is 0 Å². The molecule has 2 aromatic rings. The molecule has 3 nitrogen and oxygen atoms in total. The summed E-state index contributed by atoms with van der Waals surface area (Å²) in [5.41, 5.74) is 1.85. The van der Waals surface area contributed by atoms with E-state index in [1.165, 1.54) is 12.8 Å². The van der Waals surface area contributed by atoms with Gasteiger partial charge in [-0.3, -0.25) is 4.79 Å². The minimum Gasteiger partial charge on any atom is -0.361 e. The topological polar surface area (TPSA) is 36.1 Å². The molecule has 20 heavy (non-hydrogen) atoms. The lowest BCUT2D eigenvalue weighted by Gasteiger charge is -2.27. The predicted octanol–water partition coefficient (Wildman–Crippen LogP) is 4.21. The van der Waals surface area contributed by atoms with Gasteiger partial charge in [0.25, 0.3) is 5.91 Å². The van der Waals surface area contributed by atoms with Crippen LogP contribution in [0.25, 0.3) is 10.9 Å². The first-order valence-corrected chi connectivity index (χ1v) is 7.51. The number of hydrogen-bond donors (Lipinski definition) is 1. The van der Waals surface area contributed by atoms with E-state index in [2.05, 4.69) is 25.8 Å². The number of carbonyl (C=O) groups excluding carboxylic acids is 1. The number of aromatic amines is 1. The maximum absolute atomic E-state index is 12.7. The number of hydrogen-bond acceptors (Lipinski definition) is 1. The molecule has 1 heterocycles. The van der Waals surface area contributed by atoms with E-state index in [1.54, 1.807) is 0 Å². The number of nitrogens with one attached hydrogen (secondary N) is 1. The average molecular weight is 272 g/mol. The van der Waals surface area contributed by atoms with Gasteiger partial charge in [-0.1, -0.05) is 19.8 Å². The van der Waals surface area contributed by atoms with Crippen LogP contribution in [0.1, 0.15) is 50.4 Å². The van der Waals surface area contributed by atoms with Crippen molar-refractivity contribution in [3.63, 3.8) is 0 Å². The number of nitrogens with zero attached hydrogens (tertiary/aromatic N) is 1. The lowest BCUT2D eigenvalue weighted by Crippen LogP contribution is -2.37. The van der Waals surface area contributed by atoms with E-state index in [9.17, 15) is 4.79 Å². The summed E-state index contributed by atoms with van der Waals surface area (Å²) in [4.78, 5) is 17.8. The maximum Gasteiger partial charge on any atom is 0.254 e. The number of H-pyrrole nitrogens is 1. The van der Waals surface area contributed by atoms with Gasteiger partial charge < -0.3 is 9.88 Å². The van der Waals surface area contributed by atoms with Gasteiger partial charge in [-0.25, -0.2) is 0 Å². The maximum atomic E-state index is 12.7. The van der Waals surface area contributed by atoms with Crippen molar-refractivity contribution >= 4 is 16.8 Å². The number of benzene rings is 1. The lowest BCUT2D eigenvalue weighted by molar-refractivity contribution is 0.0702. The molecule has 108 valence electrons. The van der Waals surface area contributed by atoms with Crippen LogP contribution in [0, 0.1) is 0 Å². The van der Waals surface area contributed by atoms with Gasteiger partial charge in [0.05, 0.1) is 0 Å². The van der Waals surface area contributed by atoms with Crippen LogP contribution in [0.2, 0.25) is 0 Å². The predicted molar refractivity (Wildman–Crippen MR) is 84.0 cm³/mol. The number of amides is 1. The molecule has 1 aromatic carbocycles. The van der Waals surface area contributed by atoms with Crippen LogP contribution in [-0.2, 0) is 0 Å². The summed E-state index contributed by atoms with van der Waals surface area (Å²) in [6, 6.07) is 8.11. The molecular weight excluding hydrogens is 248 g/mol. The van der Waals surface area contributed by atoms with Crippen molar-refractivity contribution in [3.8, 4) is 0 Å². The number of rotatable bonds is 6. The second-order valence-electron chi connectivity index (χ2n) is 5.58. The molecule has 0 bridgehead atoms. The molecule has 0 spiro atoms. The van der Waals surface area contributed by atoms with Gasteiger partial charge >= 0.3 is 0 Å². The highest BCUT2D eigenvalue weighted by Crippen LogP contribution is 2.17. The van der Waals surface area contributed by atoms with E-state index < -0.39 is 0 Å². The average Bonchev–Trinajstić information content (AvgIpc) is 2.89. The normalized spacial score (nSPS) is 11.2. The monoisotopic (exact) mass is 272 g/mol. The summed E-state index contributed by atoms with van der Waals surface area (Å²) >= 11 is 0. The van der Waals surface area contributed by atoms with Crippen LogP contribution in [-0.4, -0.2) is 28.4 Å². The Bertz CT molecular complexity index is 571. The molecule has 0 unspecified atom stereocenters. The molecule has 0 aliphatic heterocycles. The summed E-state index contributed by atoms with van der Waals surface area (Å²) < 4.78 is 0. The van der Waals surface area contributed by atoms with Crippen molar-refractivity contribution in [1.29, 1.82) is 0 Å². The van der Waals surface area contributed by atoms with Gasteiger partial charge in [-0.15, -0.1) is 0 Å². The second kappa shape index (κ2) is 6.60. The minimum absolute atomic E-state index is 0.138. The van der Waals surface area contributed by atoms with Crippen molar-refractivity contribution in [2.45, 2.75) is 46.1 Å². The molecule has 2 rings (SSSR count). The van der Waals surface area contributed by atoms with E-state index in [-0.39, 0.29) is 11.9 Å². The highest BCUT2D eigenvalue weighted by atomic mass is 16.2. The molecule has 0 atom stereocenters. The molecule has 1 aromatic heterocycles. The van der Waals surface area contributed by atoms with E-state index in [1.807, 2.05) is 35.4 Å². The number of aromatic nitrogens is 1. The Morgan fingerprint density at radius 1 is 1.25 bits per heavy atom. The lowest BCUT2D eigenvalue weighted by atomic mass is 10.1. The first kappa shape index (κ1) is 14.6. The Balaban J connectivity index is 2.17. The zero-order valence-corrected chi connectivity index (χ0v) is 12.6. The molecule has 1 amide bonds. The van der Waals surface area contributed by atoms with Crippen LogP contribution < -0.4 is 0 Å². The fourth-order valence-electron chi connectivity index (χ4n) is 2.48. The van der Waals surface area contributed by atoms with E-state index in [0.717, 1.165) is 29.4 Å². The standard InChI is InChI=1S/C17H24N2O/c1-4-5-6-11-19(13(2)3)17(20)15-7-8-16-14(12-15)9-10-18-16/h7-10,12-13,18H,4-6,11H2,1-3H3. The zero-order chi connectivity index (χ0) is 14.5. The smallest absolute Gasteiger partial charge is 0.254 e. The van der Waals surface area contributed by atoms with E-state index in [0.29, 0.717) is 0 Å². The van der Waals surface area contributed by atoms with Gasteiger partial charge in [0.2, 0.25) is 0 Å². The van der Waals surface area contributed by atoms with E-state index >= 15 is 0 Å². The summed E-state index contributed by atoms with van der Waals surface area (Å²) in [6.45, 7) is 7.19. The Kier molecular flexibility index (Phi) is 4.83. The summed E-state index contributed by atoms with van der Waals surface area (Å²) in [5, 5.41) is 1.09. The van der Waals surface area contributed by atoms with Gasteiger partial charge in [0.15, 0.2) is 0 Å². The van der Waals surface area contributed by atoms with Crippen molar-refractivity contribution in [1.82, 2.24) is 9.88 Å². The zero-order valence-electron chi connectivity index (χ0n) is 12.6. The molecule has 0 fully saturated rings. The van der Waals surface area contributed by atoms with Crippen LogP contribution in [0.5, 0.6) is 0 Å². The Hall–Kier alpha value is -1.77. The molecule has 0 saturated heterocycles. The molecule has 1 N–H and O–H groups in total. The minimum atomic E-state index is 0.138. The SMILES string of the molecule is CCCCCN(C(=O)c1ccc2[nH]ccc2c1)C(C)C. The summed E-state index contributed by atoms with van der Waals surface area (Å²) in [6.07, 6.45) is 5.33. The van der Waals surface area contributed by atoms with Crippen molar-refractivity contribution in [3.05, 3.63) is 36.0 Å². The first-order chi connectivity index (χ1) is 9.63. The molecular formula is C17H24N2O. The number of unbranched alkanes of at least 4 members (excludes halogenated alkanes) is 2. The van der Waals surface area contributed by atoms with Crippen LogP contribution in [0.3, 0.4) is 0 Å². The third-order valence-electron chi connectivity index (χ3n) is 3.69. The molecule has 0 aliphatic carbocycles. The Morgan fingerprint density at radius 2 is 2.05 bits per heavy atom. The fourth-order valence-corrected chi connectivity index (χ4v) is 2.48. The van der Waals surface area contributed by atoms with Gasteiger partial charge in [-0.2, -0.15) is 0 Å².